The molecule has 0 bridgehead atoms. The summed E-state index contributed by atoms with van der Waals surface area (Å²) < 4.78 is 11.3. The second-order valence-electron chi connectivity index (χ2n) is 4.38. The van der Waals surface area contributed by atoms with Crippen molar-refractivity contribution in [2.45, 2.75) is 12.8 Å². The molecule has 0 amide bonds. The van der Waals surface area contributed by atoms with Crippen LogP contribution in [0.3, 0.4) is 0 Å². The van der Waals surface area contributed by atoms with Gasteiger partial charge in [-0.15, -0.1) is 0 Å². The van der Waals surface area contributed by atoms with Gasteiger partial charge < -0.3 is 14.6 Å². The maximum absolute atomic E-state index is 11.5. The predicted molar refractivity (Wildman–Crippen MR) is 70.9 cm³/mol. The first kappa shape index (κ1) is 13.9. The summed E-state index contributed by atoms with van der Waals surface area (Å²) >= 11 is 3.25. The van der Waals surface area contributed by atoms with Crippen LogP contribution >= 0.6 is 15.9 Å². The number of ketones is 1. The highest BCUT2D eigenvalue weighted by Gasteiger charge is 2.24. The van der Waals surface area contributed by atoms with Crippen LogP contribution in [-0.2, 0) is 4.79 Å². The number of hydrogen-bond acceptors (Lipinski definition) is 4. The number of halogens is 1. The van der Waals surface area contributed by atoms with Crippen molar-refractivity contribution in [1.29, 1.82) is 0 Å². The monoisotopic (exact) mass is 328 g/mol. The average molecular weight is 329 g/mol. The summed E-state index contributed by atoms with van der Waals surface area (Å²) in [4.78, 5) is 22.2. The zero-order chi connectivity index (χ0) is 14.0. The van der Waals surface area contributed by atoms with E-state index in [2.05, 4.69) is 15.9 Å². The number of Topliss-reactive ketones (excluding diaryl/α,β-unsaturated/α-hetero) is 1. The Morgan fingerprint density at radius 3 is 2.63 bits per heavy atom. The quantitative estimate of drug-likeness (QED) is 0.641. The fourth-order valence-corrected chi connectivity index (χ4v) is 2.22. The van der Waals surface area contributed by atoms with E-state index in [4.69, 9.17) is 14.6 Å². The number of ether oxygens (including phenoxy) is 2. The standard InChI is InChI=1S/C13H13BrO5/c1-18-12-9(14)4-8(11(15)13(16)17)5-10(12)19-6-7-2-3-7/h4-5,7H,2-3,6H2,1H3,(H,16,17). The van der Waals surface area contributed by atoms with E-state index in [9.17, 15) is 9.59 Å². The molecule has 0 heterocycles. The molecular formula is C13H13BrO5. The van der Waals surface area contributed by atoms with E-state index in [1.807, 2.05) is 0 Å². The van der Waals surface area contributed by atoms with Gasteiger partial charge in [-0.3, -0.25) is 4.79 Å². The van der Waals surface area contributed by atoms with Crippen molar-refractivity contribution in [2.75, 3.05) is 13.7 Å². The average Bonchev–Trinajstić information content (AvgIpc) is 3.18. The van der Waals surface area contributed by atoms with Gasteiger partial charge in [0, 0.05) is 5.56 Å². The number of benzene rings is 1. The molecule has 0 aliphatic heterocycles. The number of carboxylic acid groups (broad SMARTS) is 1. The molecule has 0 spiro atoms. The van der Waals surface area contributed by atoms with Crippen molar-refractivity contribution in [1.82, 2.24) is 0 Å². The van der Waals surface area contributed by atoms with Crippen LogP contribution in [0, 0.1) is 5.92 Å². The molecular weight excluding hydrogens is 316 g/mol. The molecule has 1 aliphatic carbocycles. The van der Waals surface area contributed by atoms with Crippen LogP contribution in [0.5, 0.6) is 11.5 Å². The third-order valence-electron chi connectivity index (χ3n) is 2.84. The largest absolute Gasteiger partial charge is 0.492 e. The topological polar surface area (TPSA) is 72.8 Å². The second kappa shape index (κ2) is 5.61. The Morgan fingerprint density at radius 1 is 1.42 bits per heavy atom. The van der Waals surface area contributed by atoms with Gasteiger partial charge in [-0.05, 0) is 46.8 Å². The molecule has 1 fully saturated rings. The van der Waals surface area contributed by atoms with Gasteiger partial charge >= 0.3 is 5.97 Å². The van der Waals surface area contributed by atoms with Crippen molar-refractivity contribution < 1.29 is 24.2 Å². The molecule has 2 rings (SSSR count). The lowest BCUT2D eigenvalue weighted by Gasteiger charge is -2.13. The third kappa shape index (κ3) is 3.26. The molecule has 1 aromatic carbocycles. The van der Waals surface area contributed by atoms with E-state index < -0.39 is 11.8 Å². The second-order valence-corrected chi connectivity index (χ2v) is 5.23. The van der Waals surface area contributed by atoms with Crippen molar-refractivity contribution in [3.8, 4) is 11.5 Å². The highest BCUT2D eigenvalue weighted by atomic mass is 79.9. The SMILES string of the molecule is COc1c(Br)cc(C(=O)C(=O)O)cc1OCC1CC1. The normalized spacial score (nSPS) is 14.0. The number of hydrogen-bond donors (Lipinski definition) is 1. The number of carboxylic acids is 1. The lowest BCUT2D eigenvalue weighted by atomic mass is 10.1. The molecule has 5 nitrogen and oxygen atoms in total. The number of methoxy groups -OCH3 is 1. The smallest absolute Gasteiger partial charge is 0.377 e. The molecule has 0 atom stereocenters. The summed E-state index contributed by atoms with van der Waals surface area (Å²) in [6, 6.07) is 2.82. The van der Waals surface area contributed by atoms with E-state index in [0.29, 0.717) is 28.5 Å². The Hall–Kier alpha value is -1.56. The molecule has 6 heteroatoms. The van der Waals surface area contributed by atoms with E-state index in [1.165, 1.54) is 19.2 Å². The number of carbonyl (C=O) groups excluding carboxylic acids is 1. The first-order valence-electron chi connectivity index (χ1n) is 5.81. The van der Waals surface area contributed by atoms with Crippen molar-refractivity contribution in [3.05, 3.63) is 22.2 Å². The number of rotatable bonds is 6. The minimum absolute atomic E-state index is 0.0611. The minimum atomic E-state index is -1.50. The Morgan fingerprint density at radius 2 is 2.11 bits per heavy atom. The van der Waals surface area contributed by atoms with Crippen LogP contribution in [0.1, 0.15) is 23.2 Å². The summed E-state index contributed by atoms with van der Waals surface area (Å²) in [5.74, 6) is -1.08. The van der Waals surface area contributed by atoms with Gasteiger partial charge in [0.25, 0.3) is 5.78 Å². The Balaban J connectivity index is 2.30. The summed E-state index contributed by atoms with van der Waals surface area (Å²) in [5.41, 5.74) is 0.0611. The van der Waals surface area contributed by atoms with E-state index in [1.54, 1.807) is 0 Å². The fraction of sp³-hybridized carbons (Fsp3) is 0.385. The lowest BCUT2D eigenvalue weighted by Crippen LogP contribution is -2.13. The van der Waals surface area contributed by atoms with Crippen molar-refractivity contribution >= 4 is 27.7 Å². The molecule has 1 saturated carbocycles. The van der Waals surface area contributed by atoms with Gasteiger partial charge in [-0.1, -0.05) is 0 Å². The summed E-state index contributed by atoms with van der Waals surface area (Å²) in [6.45, 7) is 0.549. The number of carbonyl (C=O) groups is 2. The molecule has 19 heavy (non-hydrogen) atoms. The Bertz CT molecular complexity index is 522. The van der Waals surface area contributed by atoms with Crippen LogP contribution in [0.15, 0.2) is 16.6 Å². The van der Waals surface area contributed by atoms with Gasteiger partial charge in [-0.2, -0.15) is 0 Å². The van der Waals surface area contributed by atoms with E-state index in [-0.39, 0.29) is 5.56 Å². The minimum Gasteiger partial charge on any atom is -0.492 e. The Labute approximate surface area is 118 Å². The van der Waals surface area contributed by atoms with Gasteiger partial charge in [-0.25, -0.2) is 4.79 Å². The fourth-order valence-electron chi connectivity index (χ4n) is 1.62. The van der Waals surface area contributed by atoms with Crippen LogP contribution in [0.2, 0.25) is 0 Å². The first-order chi connectivity index (χ1) is 9.02. The van der Waals surface area contributed by atoms with Crippen LogP contribution in [0.25, 0.3) is 0 Å². The van der Waals surface area contributed by atoms with Gasteiger partial charge in [0.15, 0.2) is 11.5 Å². The predicted octanol–water partition coefficient (Wildman–Crippen LogP) is 2.51. The molecule has 0 saturated heterocycles. The van der Waals surface area contributed by atoms with Gasteiger partial charge in [0.05, 0.1) is 18.2 Å². The Kier molecular flexibility index (Phi) is 4.09. The van der Waals surface area contributed by atoms with E-state index >= 15 is 0 Å². The summed E-state index contributed by atoms with van der Waals surface area (Å²) in [6.07, 6.45) is 2.27. The molecule has 0 aromatic heterocycles. The first-order valence-corrected chi connectivity index (χ1v) is 6.60. The molecule has 1 aliphatic rings. The summed E-state index contributed by atoms with van der Waals surface area (Å²) in [7, 11) is 1.49. The summed E-state index contributed by atoms with van der Waals surface area (Å²) in [5, 5.41) is 8.73. The van der Waals surface area contributed by atoms with Crippen LogP contribution in [-0.4, -0.2) is 30.6 Å². The molecule has 1 N–H and O–H groups in total. The van der Waals surface area contributed by atoms with Crippen LogP contribution < -0.4 is 9.47 Å². The molecule has 0 radical (unpaired) electrons. The van der Waals surface area contributed by atoms with Crippen molar-refractivity contribution in [3.63, 3.8) is 0 Å². The third-order valence-corrected chi connectivity index (χ3v) is 3.43. The maximum Gasteiger partial charge on any atom is 0.377 e. The molecule has 0 unspecified atom stereocenters. The number of aliphatic carboxylic acids is 1. The van der Waals surface area contributed by atoms with Gasteiger partial charge in [0.1, 0.15) is 0 Å². The lowest BCUT2D eigenvalue weighted by molar-refractivity contribution is -0.131. The van der Waals surface area contributed by atoms with Crippen LogP contribution in [0.4, 0.5) is 0 Å². The highest BCUT2D eigenvalue weighted by Crippen LogP contribution is 2.38. The zero-order valence-corrected chi connectivity index (χ0v) is 11.9. The molecule has 102 valence electrons. The van der Waals surface area contributed by atoms with E-state index in [0.717, 1.165) is 12.8 Å². The van der Waals surface area contributed by atoms with Crippen molar-refractivity contribution in [2.24, 2.45) is 5.92 Å². The highest BCUT2D eigenvalue weighted by molar-refractivity contribution is 9.10. The maximum atomic E-state index is 11.5. The molecule has 1 aromatic rings. The van der Waals surface area contributed by atoms with Gasteiger partial charge in [0.2, 0.25) is 0 Å². The zero-order valence-electron chi connectivity index (χ0n) is 10.3.